The molecule has 1 N–H and O–H groups in total. The van der Waals surface area contributed by atoms with Gasteiger partial charge in [-0.05, 0) is 37.1 Å². The number of nitrogens with zero attached hydrogens (tertiary/aromatic N) is 3. The molecule has 150 valence electrons. The van der Waals surface area contributed by atoms with Crippen molar-refractivity contribution in [1.82, 2.24) is 19.7 Å². The molecule has 1 saturated carbocycles. The van der Waals surface area contributed by atoms with E-state index in [1.807, 2.05) is 30.3 Å². The lowest BCUT2D eigenvalue weighted by atomic mass is 10.2. The van der Waals surface area contributed by atoms with Crippen LogP contribution in [-0.4, -0.2) is 33.4 Å². The molecule has 8 heteroatoms. The molecule has 29 heavy (non-hydrogen) atoms. The number of halogens is 1. The van der Waals surface area contributed by atoms with E-state index in [-0.39, 0.29) is 24.2 Å². The third-order valence-electron chi connectivity index (χ3n) is 4.64. The Hall–Kier alpha value is -3.06. The zero-order chi connectivity index (χ0) is 20.2. The Kier molecular flexibility index (Phi) is 5.67. The van der Waals surface area contributed by atoms with Crippen LogP contribution in [0, 0.1) is 0 Å². The topological polar surface area (TPSA) is 78.2 Å². The van der Waals surface area contributed by atoms with E-state index in [0.29, 0.717) is 29.7 Å². The highest BCUT2D eigenvalue weighted by atomic mass is 35.5. The van der Waals surface area contributed by atoms with Gasteiger partial charge in [-0.2, -0.15) is 0 Å². The van der Waals surface area contributed by atoms with Gasteiger partial charge in [0.2, 0.25) is 0 Å². The maximum atomic E-state index is 12.8. The number of carbonyl (C=O) groups is 1. The van der Waals surface area contributed by atoms with Crippen molar-refractivity contribution in [2.45, 2.75) is 25.4 Å². The number of ether oxygens (including phenoxy) is 1. The number of rotatable bonds is 8. The first-order chi connectivity index (χ1) is 14.1. The van der Waals surface area contributed by atoms with E-state index in [1.165, 1.54) is 4.68 Å². The first-order valence-corrected chi connectivity index (χ1v) is 9.89. The summed E-state index contributed by atoms with van der Waals surface area (Å²) in [6.45, 7) is 0.478. The first-order valence-electron chi connectivity index (χ1n) is 9.51. The van der Waals surface area contributed by atoms with Gasteiger partial charge in [0.1, 0.15) is 5.75 Å². The summed E-state index contributed by atoms with van der Waals surface area (Å²) in [4.78, 5) is 24.8. The van der Waals surface area contributed by atoms with Crippen molar-refractivity contribution in [1.29, 1.82) is 0 Å². The number of aromatic nitrogens is 3. The summed E-state index contributed by atoms with van der Waals surface area (Å²) in [5.74, 6) is 0.977. The van der Waals surface area contributed by atoms with Gasteiger partial charge in [0.05, 0.1) is 6.54 Å². The van der Waals surface area contributed by atoms with E-state index in [9.17, 15) is 9.59 Å². The van der Waals surface area contributed by atoms with Crippen molar-refractivity contribution in [3.63, 3.8) is 0 Å². The molecule has 1 aliphatic rings. The Bertz CT molecular complexity index is 1040. The van der Waals surface area contributed by atoms with Gasteiger partial charge in [-0.1, -0.05) is 41.9 Å². The molecule has 1 aromatic heterocycles. The van der Waals surface area contributed by atoms with E-state index >= 15 is 0 Å². The predicted molar refractivity (Wildman–Crippen MR) is 110 cm³/mol. The maximum Gasteiger partial charge on any atom is 0.346 e. The highest BCUT2D eigenvalue weighted by Crippen LogP contribution is 2.36. The van der Waals surface area contributed by atoms with E-state index in [0.717, 1.165) is 18.4 Å². The molecule has 2 aromatic carbocycles. The molecule has 1 amide bonds. The minimum atomic E-state index is -0.266. The largest absolute Gasteiger partial charge is 0.484 e. The average molecular weight is 413 g/mol. The lowest BCUT2D eigenvalue weighted by Crippen LogP contribution is -2.34. The van der Waals surface area contributed by atoms with Crippen LogP contribution in [0.15, 0.2) is 59.4 Å². The number of hydrogen-bond donors (Lipinski definition) is 1. The summed E-state index contributed by atoms with van der Waals surface area (Å²) in [6, 6.07) is 16.7. The molecule has 0 radical (unpaired) electrons. The molecule has 0 unspecified atom stereocenters. The second-order valence-corrected chi connectivity index (χ2v) is 7.33. The second-order valence-electron chi connectivity index (χ2n) is 6.89. The number of nitrogens with one attached hydrogen (secondary N) is 1. The maximum absolute atomic E-state index is 12.8. The summed E-state index contributed by atoms with van der Waals surface area (Å²) in [5, 5.41) is 7.87. The van der Waals surface area contributed by atoms with Gasteiger partial charge in [0.15, 0.2) is 12.4 Å². The third-order valence-corrected chi connectivity index (χ3v) is 4.90. The number of carbonyl (C=O) groups excluding carboxylic acids is 1. The minimum Gasteiger partial charge on any atom is -0.484 e. The zero-order valence-electron chi connectivity index (χ0n) is 15.8. The van der Waals surface area contributed by atoms with Gasteiger partial charge in [-0.3, -0.25) is 9.36 Å². The number of benzene rings is 2. The Morgan fingerprint density at radius 3 is 2.55 bits per heavy atom. The lowest BCUT2D eigenvalue weighted by Gasteiger charge is -2.07. The molecule has 1 heterocycles. The molecule has 0 bridgehead atoms. The van der Waals surface area contributed by atoms with Crippen LogP contribution in [0.3, 0.4) is 0 Å². The van der Waals surface area contributed by atoms with E-state index < -0.39 is 0 Å². The SMILES string of the molecule is O=C(COc1ccc(Cl)cc1)NCCn1nc(-c2ccccc2)n(C2CC2)c1=O. The highest BCUT2D eigenvalue weighted by Gasteiger charge is 2.30. The van der Waals surface area contributed by atoms with Crippen LogP contribution in [0.5, 0.6) is 5.75 Å². The van der Waals surface area contributed by atoms with Gasteiger partial charge in [-0.15, -0.1) is 5.10 Å². The van der Waals surface area contributed by atoms with Crippen molar-refractivity contribution < 1.29 is 9.53 Å². The van der Waals surface area contributed by atoms with Gasteiger partial charge in [0.25, 0.3) is 5.91 Å². The summed E-state index contributed by atoms with van der Waals surface area (Å²) in [7, 11) is 0. The van der Waals surface area contributed by atoms with Crippen molar-refractivity contribution in [2.75, 3.05) is 13.2 Å². The number of hydrogen-bond acceptors (Lipinski definition) is 4. The van der Waals surface area contributed by atoms with Crippen molar-refractivity contribution in [3.8, 4) is 17.1 Å². The predicted octanol–water partition coefficient (Wildman–Crippen LogP) is 2.90. The van der Waals surface area contributed by atoms with Gasteiger partial charge < -0.3 is 10.1 Å². The summed E-state index contributed by atoms with van der Waals surface area (Å²) in [6.07, 6.45) is 1.98. The fourth-order valence-electron chi connectivity index (χ4n) is 3.04. The monoisotopic (exact) mass is 412 g/mol. The van der Waals surface area contributed by atoms with Crippen LogP contribution in [-0.2, 0) is 11.3 Å². The minimum absolute atomic E-state index is 0.109. The molecular weight excluding hydrogens is 392 g/mol. The van der Waals surface area contributed by atoms with Crippen molar-refractivity contribution in [2.24, 2.45) is 0 Å². The molecule has 0 spiro atoms. The zero-order valence-corrected chi connectivity index (χ0v) is 16.5. The Morgan fingerprint density at radius 1 is 1.14 bits per heavy atom. The Labute approximate surface area is 172 Å². The number of amides is 1. The first kappa shape index (κ1) is 19.3. The van der Waals surface area contributed by atoms with Crippen LogP contribution < -0.4 is 15.7 Å². The molecule has 7 nitrogen and oxygen atoms in total. The summed E-state index contributed by atoms with van der Waals surface area (Å²) in [5.41, 5.74) is 0.772. The van der Waals surface area contributed by atoms with Crippen LogP contribution >= 0.6 is 11.6 Å². The molecule has 1 aliphatic carbocycles. The standard InChI is InChI=1S/C21H21ClN4O3/c22-16-6-10-18(11-7-16)29-14-19(27)23-12-13-25-21(28)26(17-8-9-17)20(24-25)15-4-2-1-3-5-15/h1-7,10-11,17H,8-9,12-14H2,(H,23,27). The Balaban J connectivity index is 1.35. The second kappa shape index (κ2) is 8.53. The van der Waals surface area contributed by atoms with Crippen molar-refractivity contribution in [3.05, 3.63) is 70.1 Å². The Morgan fingerprint density at radius 2 is 1.86 bits per heavy atom. The normalized spacial score (nSPS) is 13.3. The van der Waals surface area contributed by atoms with Crippen LogP contribution in [0.1, 0.15) is 18.9 Å². The molecule has 0 atom stereocenters. The van der Waals surface area contributed by atoms with Gasteiger partial charge >= 0.3 is 5.69 Å². The molecule has 3 aromatic rings. The van der Waals surface area contributed by atoms with Crippen LogP contribution in [0.2, 0.25) is 5.02 Å². The fourth-order valence-corrected chi connectivity index (χ4v) is 3.17. The average Bonchev–Trinajstić information content (AvgIpc) is 3.52. The van der Waals surface area contributed by atoms with Gasteiger partial charge in [-0.25, -0.2) is 9.48 Å². The third kappa shape index (κ3) is 4.68. The lowest BCUT2D eigenvalue weighted by molar-refractivity contribution is -0.123. The van der Waals surface area contributed by atoms with Crippen LogP contribution in [0.4, 0.5) is 0 Å². The molecule has 0 aliphatic heterocycles. The highest BCUT2D eigenvalue weighted by molar-refractivity contribution is 6.30. The van der Waals surface area contributed by atoms with E-state index in [4.69, 9.17) is 16.3 Å². The van der Waals surface area contributed by atoms with Crippen molar-refractivity contribution >= 4 is 17.5 Å². The molecular formula is C21H21ClN4O3. The molecule has 0 saturated heterocycles. The van der Waals surface area contributed by atoms with Crippen LogP contribution in [0.25, 0.3) is 11.4 Å². The fraction of sp³-hybridized carbons (Fsp3) is 0.286. The van der Waals surface area contributed by atoms with E-state index in [2.05, 4.69) is 10.4 Å². The smallest absolute Gasteiger partial charge is 0.346 e. The summed E-state index contributed by atoms with van der Waals surface area (Å²) < 4.78 is 8.59. The molecule has 1 fully saturated rings. The quantitative estimate of drug-likeness (QED) is 0.617. The molecule has 4 rings (SSSR count). The van der Waals surface area contributed by atoms with E-state index in [1.54, 1.807) is 28.8 Å². The van der Waals surface area contributed by atoms with Gasteiger partial charge in [0, 0.05) is 23.2 Å². The summed E-state index contributed by atoms with van der Waals surface area (Å²) >= 11 is 5.82.